The Labute approximate surface area is 102 Å². The van der Waals surface area contributed by atoms with Gasteiger partial charge in [-0.25, -0.2) is 9.78 Å². The molecule has 2 rings (SSSR count). The highest BCUT2D eigenvalue weighted by Gasteiger charge is 2.39. The van der Waals surface area contributed by atoms with E-state index in [1.54, 1.807) is 0 Å². The van der Waals surface area contributed by atoms with E-state index in [2.05, 4.69) is 4.98 Å². The van der Waals surface area contributed by atoms with E-state index in [0.29, 0.717) is 0 Å². The van der Waals surface area contributed by atoms with Gasteiger partial charge in [0.15, 0.2) is 0 Å². The minimum absolute atomic E-state index is 0.0526. The van der Waals surface area contributed by atoms with Crippen molar-refractivity contribution in [2.24, 2.45) is 0 Å². The number of aliphatic hydroxyl groups is 1. The number of hydrogen-bond donors (Lipinski definition) is 2. The van der Waals surface area contributed by atoms with E-state index in [1.807, 2.05) is 0 Å². The normalized spacial score (nSPS) is 23.1. The summed E-state index contributed by atoms with van der Waals surface area (Å²) >= 11 is 0. The van der Waals surface area contributed by atoms with Crippen LogP contribution < -0.4 is 0 Å². The van der Waals surface area contributed by atoms with Crippen molar-refractivity contribution < 1.29 is 24.2 Å². The Morgan fingerprint density at radius 3 is 2.83 bits per heavy atom. The number of likely N-dealkylation sites (tertiary alicyclic amines) is 1. The standard InChI is InChI=1S/C11H11FN2O4/c12-9-7(2-1-3-13-9)10(16)14-5-6(15)4-8(14)11(17)18/h1-3,6,8,15H,4-5H2,(H,17,18)/t6-,8-/m1/s1. The molecule has 1 saturated heterocycles. The van der Waals surface area contributed by atoms with Gasteiger partial charge in [0.2, 0.25) is 5.95 Å². The molecule has 0 saturated carbocycles. The lowest BCUT2D eigenvalue weighted by Crippen LogP contribution is -2.41. The Morgan fingerprint density at radius 1 is 1.50 bits per heavy atom. The maximum absolute atomic E-state index is 13.4. The van der Waals surface area contributed by atoms with E-state index in [0.717, 1.165) is 4.90 Å². The van der Waals surface area contributed by atoms with Crippen LogP contribution in [0.2, 0.25) is 0 Å². The van der Waals surface area contributed by atoms with Crippen LogP contribution >= 0.6 is 0 Å². The quantitative estimate of drug-likeness (QED) is 0.718. The van der Waals surface area contributed by atoms with Gasteiger partial charge in [-0.3, -0.25) is 4.79 Å². The molecule has 96 valence electrons. The zero-order chi connectivity index (χ0) is 13.3. The summed E-state index contributed by atoms with van der Waals surface area (Å²) in [6, 6.07) is 1.49. The largest absolute Gasteiger partial charge is 0.480 e. The number of carbonyl (C=O) groups excluding carboxylic acids is 1. The van der Waals surface area contributed by atoms with Crippen LogP contribution in [0.5, 0.6) is 0 Å². The van der Waals surface area contributed by atoms with Gasteiger partial charge in [-0.2, -0.15) is 4.39 Å². The van der Waals surface area contributed by atoms with Gasteiger partial charge >= 0.3 is 5.97 Å². The second-order valence-electron chi connectivity index (χ2n) is 4.04. The van der Waals surface area contributed by atoms with Crippen molar-refractivity contribution in [2.45, 2.75) is 18.6 Å². The first-order chi connectivity index (χ1) is 8.50. The van der Waals surface area contributed by atoms with Crippen molar-refractivity contribution in [2.75, 3.05) is 6.54 Å². The van der Waals surface area contributed by atoms with Crippen LogP contribution in [0.1, 0.15) is 16.8 Å². The Bertz CT molecular complexity index is 494. The van der Waals surface area contributed by atoms with Crippen LogP contribution in [0.25, 0.3) is 0 Å². The predicted molar refractivity (Wildman–Crippen MR) is 57.3 cm³/mol. The number of amides is 1. The fourth-order valence-corrected chi connectivity index (χ4v) is 1.97. The Balaban J connectivity index is 2.28. The summed E-state index contributed by atoms with van der Waals surface area (Å²) in [5, 5.41) is 18.4. The Hall–Kier alpha value is -2.02. The molecule has 18 heavy (non-hydrogen) atoms. The van der Waals surface area contributed by atoms with Crippen molar-refractivity contribution in [3.05, 3.63) is 29.8 Å². The van der Waals surface area contributed by atoms with Crippen molar-refractivity contribution in [3.8, 4) is 0 Å². The topological polar surface area (TPSA) is 90.7 Å². The molecule has 1 aliphatic heterocycles. The van der Waals surface area contributed by atoms with Gasteiger partial charge in [-0.1, -0.05) is 0 Å². The average molecular weight is 254 g/mol. The van der Waals surface area contributed by atoms with E-state index in [9.17, 15) is 19.1 Å². The molecule has 2 heterocycles. The second-order valence-corrected chi connectivity index (χ2v) is 4.04. The first-order valence-electron chi connectivity index (χ1n) is 5.33. The minimum atomic E-state index is -1.22. The maximum Gasteiger partial charge on any atom is 0.326 e. The third-order valence-corrected chi connectivity index (χ3v) is 2.81. The number of β-amino-alcohol motifs (C(OH)–C–C–N with tert-alkyl or cyclic N) is 1. The molecule has 0 bridgehead atoms. The van der Waals surface area contributed by atoms with Gasteiger partial charge in [-0.15, -0.1) is 0 Å². The fourth-order valence-electron chi connectivity index (χ4n) is 1.97. The molecule has 1 aromatic rings. The van der Waals surface area contributed by atoms with Gasteiger partial charge in [0.05, 0.1) is 11.7 Å². The number of hydrogen-bond acceptors (Lipinski definition) is 4. The minimum Gasteiger partial charge on any atom is -0.480 e. The van der Waals surface area contributed by atoms with E-state index in [-0.39, 0.29) is 18.5 Å². The average Bonchev–Trinajstić information content (AvgIpc) is 2.71. The van der Waals surface area contributed by atoms with E-state index < -0.39 is 30.0 Å². The Kier molecular flexibility index (Phi) is 3.24. The third-order valence-electron chi connectivity index (χ3n) is 2.81. The van der Waals surface area contributed by atoms with E-state index >= 15 is 0 Å². The smallest absolute Gasteiger partial charge is 0.326 e. The molecular formula is C11H11FN2O4. The lowest BCUT2D eigenvalue weighted by molar-refractivity contribution is -0.141. The number of carbonyl (C=O) groups is 2. The highest BCUT2D eigenvalue weighted by molar-refractivity contribution is 5.97. The maximum atomic E-state index is 13.4. The van der Waals surface area contributed by atoms with Gasteiger partial charge < -0.3 is 15.1 Å². The number of nitrogens with zero attached hydrogens (tertiary/aromatic N) is 2. The molecule has 1 aromatic heterocycles. The molecule has 0 spiro atoms. The van der Waals surface area contributed by atoms with Crippen molar-refractivity contribution in [1.82, 2.24) is 9.88 Å². The monoisotopic (exact) mass is 254 g/mol. The zero-order valence-corrected chi connectivity index (χ0v) is 9.28. The van der Waals surface area contributed by atoms with Gasteiger partial charge in [0.25, 0.3) is 5.91 Å². The third kappa shape index (κ3) is 2.17. The molecule has 7 heteroatoms. The highest BCUT2D eigenvalue weighted by Crippen LogP contribution is 2.21. The number of carboxylic acid groups (broad SMARTS) is 1. The number of carboxylic acids is 1. The lowest BCUT2D eigenvalue weighted by atomic mass is 10.2. The molecule has 0 aliphatic carbocycles. The molecule has 1 amide bonds. The summed E-state index contributed by atoms with van der Waals surface area (Å²) in [6.45, 7) is -0.121. The summed E-state index contributed by atoms with van der Waals surface area (Å²) in [7, 11) is 0. The highest BCUT2D eigenvalue weighted by atomic mass is 19.1. The molecule has 0 radical (unpaired) electrons. The number of halogens is 1. The Morgan fingerprint density at radius 2 is 2.22 bits per heavy atom. The molecule has 0 unspecified atom stereocenters. The van der Waals surface area contributed by atoms with Crippen LogP contribution in [0.3, 0.4) is 0 Å². The molecule has 2 atom stereocenters. The molecule has 6 nitrogen and oxygen atoms in total. The molecule has 1 fully saturated rings. The number of aliphatic carboxylic acids is 1. The van der Waals surface area contributed by atoms with Gasteiger partial charge in [-0.05, 0) is 12.1 Å². The predicted octanol–water partition coefficient (Wildman–Crippen LogP) is -0.119. The van der Waals surface area contributed by atoms with Crippen LogP contribution in [-0.4, -0.2) is 50.7 Å². The summed E-state index contributed by atoms with van der Waals surface area (Å²) in [5.41, 5.74) is -0.294. The fraction of sp³-hybridized carbons (Fsp3) is 0.364. The summed E-state index contributed by atoms with van der Waals surface area (Å²) in [4.78, 5) is 27.3. The molecular weight excluding hydrogens is 243 g/mol. The van der Waals surface area contributed by atoms with Crippen LogP contribution in [0.15, 0.2) is 18.3 Å². The summed E-state index contributed by atoms with van der Waals surface area (Å²) < 4.78 is 13.4. The lowest BCUT2D eigenvalue weighted by Gasteiger charge is -2.21. The second kappa shape index (κ2) is 4.69. The summed E-state index contributed by atoms with van der Waals surface area (Å²) in [6.07, 6.45) is 0.234. The van der Waals surface area contributed by atoms with E-state index in [4.69, 9.17) is 5.11 Å². The zero-order valence-electron chi connectivity index (χ0n) is 9.28. The van der Waals surface area contributed by atoms with Crippen LogP contribution in [0.4, 0.5) is 4.39 Å². The number of aromatic nitrogens is 1. The van der Waals surface area contributed by atoms with Gasteiger partial charge in [0.1, 0.15) is 6.04 Å². The summed E-state index contributed by atoms with van der Waals surface area (Å²) in [5.74, 6) is -2.94. The molecule has 1 aliphatic rings. The first-order valence-corrected chi connectivity index (χ1v) is 5.33. The van der Waals surface area contributed by atoms with Crippen LogP contribution in [0, 0.1) is 5.95 Å². The van der Waals surface area contributed by atoms with Gasteiger partial charge in [0, 0.05) is 19.2 Å². The van der Waals surface area contributed by atoms with Crippen molar-refractivity contribution in [1.29, 1.82) is 0 Å². The molecule has 2 N–H and O–H groups in total. The first kappa shape index (κ1) is 12.4. The number of aliphatic hydroxyl groups excluding tert-OH is 1. The number of pyridine rings is 1. The van der Waals surface area contributed by atoms with E-state index in [1.165, 1.54) is 18.3 Å². The van der Waals surface area contributed by atoms with Crippen molar-refractivity contribution >= 4 is 11.9 Å². The van der Waals surface area contributed by atoms with Crippen molar-refractivity contribution in [3.63, 3.8) is 0 Å². The van der Waals surface area contributed by atoms with Crippen LogP contribution in [-0.2, 0) is 4.79 Å². The molecule has 0 aromatic carbocycles. The number of rotatable bonds is 2. The SMILES string of the molecule is O=C(O)[C@H]1C[C@@H](O)CN1C(=O)c1cccnc1F.